The molecule has 20 heteroatoms. The average Bonchev–Trinajstić information content (AvgIpc) is 2.77. The van der Waals surface area contributed by atoms with Crippen molar-refractivity contribution in [3.05, 3.63) is 35.3 Å². The summed E-state index contributed by atoms with van der Waals surface area (Å²) in [6, 6.07) is 2.30. The second-order valence-corrected chi connectivity index (χ2v) is 11.5. The molecule has 1 aromatic heterocycles. The molecule has 1 saturated heterocycles. The van der Waals surface area contributed by atoms with E-state index in [0.717, 1.165) is 6.07 Å². The largest absolute Gasteiger partial charge is 0.495 e. The maximum Gasteiger partial charge on any atom is 0.421 e. The molecule has 0 saturated carbocycles. The number of carbonyl (C=O) groups is 1. The lowest BCUT2D eigenvalue weighted by atomic mass is 9.30. The van der Waals surface area contributed by atoms with Crippen molar-refractivity contribution in [2.24, 2.45) is 0 Å². The number of methoxy groups -OCH3 is 1. The Bertz CT molecular complexity index is 1260. The number of aromatic nitrogens is 2. The molecule has 1 aliphatic heterocycles. The van der Waals surface area contributed by atoms with E-state index < -0.39 is 50.8 Å². The molecule has 1 aromatic carbocycles. The van der Waals surface area contributed by atoms with Crippen LogP contribution in [0, 0.1) is 5.82 Å². The van der Waals surface area contributed by atoms with E-state index in [1.54, 1.807) is 11.8 Å². The van der Waals surface area contributed by atoms with Crippen molar-refractivity contribution in [2.75, 3.05) is 24.3 Å². The summed E-state index contributed by atoms with van der Waals surface area (Å²) < 4.78 is 67.4. The van der Waals surface area contributed by atoms with E-state index in [9.17, 15) is 18.0 Å². The summed E-state index contributed by atoms with van der Waals surface area (Å²) >= 11 is 0. The molecule has 0 radical (unpaired) electrons. The van der Waals surface area contributed by atoms with Crippen LogP contribution >= 0.6 is 0 Å². The minimum absolute atomic E-state index is 0.0370. The summed E-state index contributed by atoms with van der Waals surface area (Å²) in [5.74, 6) is -1.96. The van der Waals surface area contributed by atoms with E-state index in [2.05, 4.69) is 20.6 Å². The number of alkyl halides is 3. The Morgan fingerprint density at radius 3 is 2.13 bits per heavy atom. The van der Waals surface area contributed by atoms with Crippen LogP contribution in [0.5, 0.6) is 5.75 Å². The lowest BCUT2D eigenvalue weighted by Gasteiger charge is -2.68. The van der Waals surface area contributed by atoms with Crippen molar-refractivity contribution in [3.63, 3.8) is 0 Å². The minimum Gasteiger partial charge on any atom is -0.495 e. The first-order valence-electron chi connectivity index (χ1n) is 12.6. The van der Waals surface area contributed by atoms with Crippen LogP contribution in [0.15, 0.2) is 18.3 Å². The Balaban J connectivity index is 2.06. The third-order valence-electron chi connectivity index (χ3n) is 7.98. The zero-order valence-electron chi connectivity index (χ0n) is 24.0. The Morgan fingerprint density at radius 2 is 1.64 bits per heavy atom. The molecule has 0 unspecified atom stereocenters. The molecule has 3 rings (SSSR count). The quantitative estimate of drug-likeness (QED) is 0.282. The molecule has 1 amide bonds. The number of anilines is 3. The highest BCUT2D eigenvalue weighted by molar-refractivity contribution is 6.60. The Kier molecular flexibility index (Phi) is 7.99. The van der Waals surface area contributed by atoms with E-state index in [1.807, 2.05) is 62.8 Å². The molecule has 0 atom stereocenters. The van der Waals surface area contributed by atoms with Crippen molar-refractivity contribution >= 4 is 86.1 Å². The van der Waals surface area contributed by atoms with E-state index in [0.29, 0.717) is 6.20 Å². The molecule has 200 valence electrons. The highest BCUT2D eigenvalue weighted by Gasteiger charge is 2.60. The van der Waals surface area contributed by atoms with Gasteiger partial charge in [-0.1, -0.05) is 0 Å². The fraction of sp³-hybridized carbons (Fsp3) is 0.421. The Labute approximate surface area is 232 Å². The Morgan fingerprint density at radius 1 is 1.08 bits per heavy atom. The number of amides is 1. The first-order chi connectivity index (χ1) is 17.7. The van der Waals surface area contributed by atoms with E-state index in [-0.39, 0.29) is 29.5 Å². The molecule has 0 aliphatic carbocycles. The lowest BCUT2D eigenvalue weighted by Crippen LogP contribution is -2.86. The van der Waals surface area contributed by atoms with Crippen LogP contribution in [0.2, 0.25) is 0 Å². The van der Waals surface area contributed by atoms with Crippen LogP contribution in [0.25, 0.3) is 0 Å². The van der Waals surface area contributed by atoms with Crippen LogP contribution in [-0.4, -0.2) is 119 Å². The van der Waals surface area contributed by atoms with Crippen LogP contribution in [0.4, 0.5) is 35.0 Å². The van der Waals surface area contributed by atoms with Gasteiger partial charge >= 0.3 is 6.18 Å². The van der Waals surface area contributed by atoms with Crippen LogP contribution in [0.3, 0.4) is 0 Å². The lowest BCUT2D eigenvalue weighted by molar-refractivity contribution is -0.137. The van der Waals surface area contributed by atoms with E-state index >= 15 is 4.39 Å². The summed E-state index contributed by atoms with van der Waals surface area (Å²) in [4.78, 5) is 23.3. The molecular weight excluding hydrogens is 509 g/mol. The number of halogens is 4. The molecule has 2 N–H and O–H groups in total. The number of carbonyl (C=O) groups excluding carboxylic acids is 1. The molecule has 1 aliphatic rings. The number of hydrogen-bond acceptors (Lipinski definition) is 7. The van der Waals surface area contributed by atoms with Gasteiger partial charge in [0.1, 0.15) is 85.7 Å². The second-order valence-electron chi connectivity index (χ2n) is 11.5. The van der Waals surface area contributed by atoms with Crippen LogP contribution in [0.1, 0.15) is 22.8 Å². The standard InChI is InChI=1S/C19H29B8F4N5O3/c1-3-32-12-8(15(29,30)31)6-33-14(35-12)34-10-5-9(28)7(4-11(10)38-2)13(37)36-16(20,21)18(24,25)39-19(26,27)17(36,22)23/h4-6H,3,20-27H2,1-2H3,(H2,32,33,34,35). The van der Waals surface area contributed by atoms with E-state index in [4.69, 9.17) is 9.47 Å². The normalized spacial score (nSPS) is 19.2. The number of hydrogen-bond donors (Lipinski definition) is 2. The smallest absolute Gasteiger partial charge is 0.421 e. The first kappa shape index (κ1) is 30.9. The molecule has 2 heterocycles. The molecule has 39 heavy (non-hydrogen) atoms. The van der Waals surface area contributed by atoms with E-state index in [1.165, 1.54) is 13.2 Å². The van der Waals surface area contributed by atoms with Crippen LogP contribution in [-0.2, 0) is 10.9 Å². The van der Waals surface area contributed by atoms with Gasteiger partial charge in [0.05, 0.1) is 18.4 Å². The van der Waals surface area contributed by atoms with Crippen molar-refractivity contribution in [1.82, 2.24) is 14.9 Å². The molecule has 1 fully saturated rings. The molecule has 2 aromatic rings. The fourth-order valence-electron chi connectivity index (χ4n) is 4.81. The zero-order chi connectivity index (χ0) is 29.8. The van der Waals surface area contributed by atoms with Crippen molar-refractivity contribution < 1.29 is 31.8 Å². The van der Waals surface area contributed by atoms with Gasteiger partial charge in [-0.15, -0.1) is 0 Å². The summed E-state index contributed by atoms with van der Waals surface area (Å²) in [6.07, 6.45) is -4.02. The summed E-state index contributed by atoms with van der Waals surface area (Å²) in [5, 5.41) is 2.05. The summed E-state index contributed by atoms with van der Waals surface area (Å²) in [6.45, 7) is 1.82. The predicted octanol–water partition coefficient (Wildman–Crippen LogP) is -5.03. The predicted molar refractivity (Wildman–Crippen MR) is 164 cm³/mol. The van der Waals surface area contributed by atoms with Gasteiger partial charge in [-0.2, -0.15) is 18.2 Å². The second kappa shape index (κ2) is 10.1. The maximum atomic E-state index is 15.6. The topological polar surface area (TPSA) is 88.6 Å². The number of morpholine rings is 1. The van der Waals surface area contributed by atoms with Gasteiger partial charge in [0, 0.05) is 29.6 Å². The summed E-state index contributed by atoms with van der Waals surface area (Å²) in [5.41, 5.74) is -1.22. The van der Waals surface area contributed by atoms with Gasteiger partial charge in [0.15, 0.2) is 0 Å². The van der Waals surface area contributed by atoms with Gasteiger partial charge < -0.3 is 25.0 Å². The van der Waals surface area contributed by atoms with Gasteiger partial charge in [-0.25, -0.2) is 9.37 Å². The molecule has 0 bridgehead atoms. The SMILES string of the molecule is BC1(B)OC(B)(B)C(B)(B)N(C(=O)c2cc(OC)c(Nc3ncc(C(F)(F)F)c(NCC)n3)cc2F)C1(B)B. The zero-order valence-corrected chi connectivity index (χ0v) is 24.0. The third kappa shape index (κ3) is 5.40. The highest BCUT2D eigenvalue weighted by atomic mass is 19.4. The van der Waals surface area contributed by atoms with Crippen LogP contribution < -0.4 is 15.4 Å². The maximum absolute atomic E-state index is 15.6. The number of ether oxygens (including phenoxy) is 2. The van der Waals surface area contributed by atoms with Gasteiger partial charge in [0.25, 0.3) is 5.91 Å². The van der Waals surface area contributed by atoms with Gasteiger partial charge in [0.2, 0.25) is 5.95 Å². The minimum atomic E-state index is -4.66. The number of nitrogens with zero attached hydrogens (tertiary/aromatic N) is 3. The number of rotatable bonds is 6. The monoisotopic (exact) mass is 539 g/mol. The number of nitrogens with one attached hydrogen (secondary N) is 2. The third-order valence-corrected chi connectivity index (χ3v) is 7.98. The molecule has 0 spiro atoms. The van der Waals surface area contributed by atoms with Gasteiger partial charge in [-0.05, 0) is 23.7 Å². The van der Waals surface area contributed by atoms with Crippen molar-refractivity contribution in [3.8, 4) is 5.75 Å². The fourth-order valence-corrected chi connectivity index (χ4v) is 4.81. The first-order valence-corrected chi connectivity index (χ1v) is 12.6. The molecular formula is C19H29B8F4N5O3. The Hall–Kier alpha value is -2.63. The highest BCUT2D eigenvalue weighted by Crippen LogP contribution is 2.42. The van der Waals surface area contributed by atoms with Crippen molar-refractivity contribution in [2.45, 2.75) is 34.6 Å². The summed E-state index contributed by atoms with van der Waals surface area (Å²) in [7, 11) is 16.4. The average molecular weight is 538 g/mol. The van der Waals surface area contributed by atoms with Crippen molar-refractivity contribution in [1.29, 1.82) is 0 Å². The number of benzene rings is 1. The molecule has 8 nitrogen and oxygen atoms in total. The van der Waals surface area contributed by atoms with Gasteiger partial charge in [-0.3, -0.25) is 4.79 Å².